The van der Waals surface area contributed by atoms with E-state index in [-0.39, 0.29) is 5.82 Å². The summed E-state index contributed by atoms with van der Waals surface area (Å²) in [6, 6.07) is 27.2. The number of nitrogens with one attached hydrogen (secondary N) is 1. The highest BCUT2D eigenvalue weighted by Crippen LogP contribution is 2.29. The van der Waals surface area contributed by atoms with Gasteiger partial charge in [-0.15, -0.1) is 0 Å². The van der Waals surface area contributed by atoms with E-state index in [9.17, 15) is 4.39 Å². The molecule has 4 aromatic carbocycles. The van der Waals surface area contributed by atoms with Crippen molar-refractivity contribution in [2.45, 2.75) is 20.1 Å². The molecular weight excluding hydrogens is 349 g/mol. The van der Waals surface area contributed by atoms with Crippen molar-refractivity contribution in [2.75, 3.05) is 5.32 Å². The minimum atomic E-state index is -0.238. The summed E-state index contributed by atoms with van der Waals surface area (Å²) >= 11 is 0. The molecule has 4 aromatic rings. The van der Waals surface area contributed by atoms with Crippen LogP contribution in [0.1, 0.15) is 16.7 Å². The molecule has 28 heavy (non-hydrogen) atoms. The van der Waals surface area contributed by atoms with Gasteiger partial charge in [-0.2, -0.15) is 0 Å². The molecule has 0 aliphatic rings. The molecule has 2 nitrogen and oxygen atoms in total. The number of fused-ring (bicyclic) bond motifs is 1. The van der Waals surface area contributed by atoms with Crippen LogP contribution in [-0.4, -0.2) is 0 Å². The smallest absolute Gasteiger partial charge is 0.125 e. The molecule has 0 unspecified atom stereocenters. The van der Waals surface area contributed by atoms with Crippen molar-refractivity contribution in [1.82, 2.24) is 0 Å². The van der Waals surface area contributed by atoms with E-state index in [4.69, 9.17) is 4.74 Å². The summed E-state index contributed by atoms with van der Waals surface area (Å²) in [5.74, 6) is 0.617. The Hall–Kier alpha value is -3.33. The van der Waals surface area contributed by atoms with E-state index in [1.54, 1.807) is 12.1 Å². The van der Waals surface area contributed by atoms with Gasteiger partial charge in [0.05, 0.1) is 0 Å². The zero-order chi connectivity index (χ0) is 19.3. The Morgan fingerprint density at radius 3 is 2.36 bits per heavy atom. The van der Waals surface area contributed by atoms with Gasteiger partial charge >= 0.3 is 0 Å². The third kappa shape index (κ3) is 4.15. The van der Waals surface area contributed by atoms with Gasteiger partial charge in [-0.25, -0.2) is 4.39 Å². The van der Waals surface area contributed by atoms with Crippen molar-refractivity contribution in [3.63, 3.8) is 0 Å². The standard InChI is InChI=1S/C25H22FNO/c1-18-6-8-19(9-7-18)17-28-25-15-10-20-4-2-3-5-23(20)24(25)16-27-22-13-11-21(26)12-14-22/h2-15,27H,16-17H2,1H3. The van der Waals surface area contributed by atoms with Crippen LogP contribution >= 0.6 is 0 Å². The highest BCUT2D eigenvalue weighted by atomic mass is 19.1. The molecule has 0 heterocycles. The van der Waals surface area contributed by atoms with E-state index in [0.717, 1.165) is 28.0 Å². The molecule has 3 heteroatoms. The lowest BCUT2D eigenvalue weighted by Gasteiger charge is -2.16. The van der Waals surface area contributed by atoms with Crippen LogP contribution in [0, 0.1) is 12.7 Å². The SMILES string of the molecule is Cc1ccc(COc2ccc3ccccc3c2CNc2ccc(F)cc2)cc1. The molecule has 0 bridgehead atoms. The summed E-state index contributed by atoms with van der Waals surface area (Å²) in [4.78, 5) is 0. The Balaban J connectivity index is 1.60. The van der Waals surface area contributed by atoms with Crippen LogP contribution in [0.4, 0.5) is 10.1 Å². The second-order valence-corrected chi connectivity index (χ2v) is 6.90. The molecule has 140 valence electrons. The number of aryl methyl sites for hydroxylation is 1. The Labute approximate surface area is 164 Å². The van der Waals surface area contributed by atoms with Gasteiger partial charge in [-0.1, -0.05) is 60.2 Å². The Morgan fingerprint density at radius 2 is 1.57 bits per heavy atom. The Morgan fingerprint density at radius 1 is 0.821 bits per heavy atom. The third-order valence-electron chi connectivity index (χ3n) is 4.83. The minimum absolute atomic E-state index is 0.238. The van der Waals surface area contributed by atoms with Gasteiger partial charge in [0.15, 0.2) is 0 Å². The van der Waals surface area contributed by atoms with E-state index in [1.807, 2.05) is 18.2 Å². The zero-order valence-corrected chi connectivity index (χ0v) is 15.8. The van der Waals surface area contributed by atoms with E-state index in [0.29, 0.717) is 13.2 Å². The molecule has 0 fully saturated rings. The average molecular weight is 371 g/mol. The van der Waals surface area contributed by atoms with Crippen LogP contribution in [0.25, 0.3) is 10.8 Å². The summed E-state index contributed by atoms with van der Waals surface area (Å²) in [5, 5.41) is 5.70. The van der Waals surface area contributed by atoms with Crippen LogP contribution in [0.15, 0.2) is 84.9 Å². The summed E-state index contributed by atoms with van der Waals surface area (Å²) in [7, 11) is 0. The summed E-state index contributed by atoms with van der Waals surface area (Å²) < 4.78 is 19.3. The van der Waals surface area contributed by atoms with Crippen molar-refractivity contribution < 1.29 is 9.13 Å². The fraction of sp³-hybridized carbons (Fsp3) is 0.120. The first-order valence-electron chi connectivity index (χ1n) is 9.37. The average Bonchev–Trinajstić information content (AvgIpc) is 2.73. The molecular formula is C25H22FNO. The lowest BCUT2D eigenvalue weighted by molar-refractivity contribution is 0.304. The minimum Gasteiger partial charge on any atom is -0.489 e. The molecule has 0 radical (unpaired) electrons. The van der Waals surface area contributed by atoms with Crippen LogP contribution in [0.3, 0.4) is 0 Å². The largest absolute Gasteiger partial charge is 0.489 e. The molecule has 0 saturated carbocycles. The number of benzene rings is 4. The molecule has 0 saturated heterocycles. The zero-order valence-electron chi connectivity index (χ0n) is 15.8. The molecule has 0 amide bonds. The fourth-order valence-electron chi connectivity index (χ4n) is 3.24. The molecule has 0 atom stereocenters. The molecule has 0 aliphatic carbocycles. The van der Waals surface area contributed by atoms with E-state index >= 15 is 0 Å². The van der Waals surface area contributed by atoms with E-state index in [2.05, 4.69) is 54.7 Å². The number of hydrogen-bond acceptors (Lipinski definition) is 2. The second-order valence-electron chi connectivity index (χ2n) is 6.90. The Bertz CT molecular complexity index is 1070. The molecule has 0 aromatic heterocycles. The lowest BCUT2D eigenvalue weighted by atomic mass is 10.0. The summed E-state index contributed by atoms with van der Waals surface area (Å²) in [5.41, 5.74) is 4.34. The molecule has 0 spiro atoms. The van der Waals surface area contributed by atoms with Crippen molar-refractivity contribution in [3.8, 4) is 5.75 Å². The maximum atomic E-state index is 13.2. The second kappa shape index (κ2) is 8.13. The van der Waals surface area contributed by atoms with Crippen LogP contribution in [0.5, 0.6) is 5.75 Å². The maximum absolute atomic E-state index is 13.2. The fourth-order valence-corrected chi connectivity index (χ4v) is 3.24. The van der Waals surface area contributed by atoms with Gasteiger partial charge < -0.3 is 10.1 Å². The highest BCUT2D eigenvalue weighted by molar-refractivity contribution is 5.88. The Kier molecular flexibility index (Phi) is 5.24. The monoisotopic (exact) mass is 371 g/mol. The van der Waals surface area contributed by atoms with E-state index < -0.39 is 0 Å². The lowest BCUT2D eigenvalue weighted by Crippen LogP contribution is -2.05. The summed E-state index contributed by atoms with van der Waals surface area (Å²) in [6.07, 6.45) is 0. The number of rotatable bonds is 6. The van der Waals surface area contributed by atoms with Gasteiger partial charge in [-0.3, -0.25) is 0 Å². The predicted octanol–water partition coefficient (Wildman–Crippen LogP) is 6.48. The first-order valence-corrected chi connectivity index (χ1v) is 9.37. The highest BCUT2D eigenvalue weighted by Gasteiger charge is 2.09. The van der Waals surface area contributed by atoms with Crippen molar-refractivity contribution in [3.05, 3.63) is 107 Å². The number of anilines is 1. The van der Waals surface area contributed by atoms with Gasteiger partial charge in [-0.05, 0) is 53.6 Å². The van der Waals surface area contributed by atoms with Crippen LogP contribution in [-0.2, 0) is 13.2 Å². The maximum Gasteiger partial charge on any atom is 0.125 e. The van der Waals surface area contributed by atoms with Gasteiger partial charge in [0.2, 0.25) is 0 Å². The van der Waals surface area contributed by atoms with Crippen molar-refractivity contribution >= 4 is 16.5 Å². The van der Waals surface area contributed by atoms with Crippen LogP contribution in [0.2, 0.25) is 0 Å². The number of ether oxygens (including phenoxy) is 1. The van der Waals surface area contributed by atoms with Crippen molar-refractivity contribution in [1.29, 1.82) is 0 Å². The normalized spacial score (nSPS) is 10.8. The summed E-state index contributed by atoms with van der Waals surface area (Å²) in [6.45, 7) is 3.19. The first kappa shape index (κ1) is 18.1. The third-order valence-corrected chi connectivity index (χ3v) is 4.83. The van der Waals surface area contributed by atoms with Gasteiger partial charge in [0.1, 0.15) is 18.2 Å². The quantitative estimate of drug-likeness (QED) is 0.419. The van der Waals surface area contributed by atoms with Gasteiger partial charge in [0, 0.05) is 17.8 Å². The number of halogens is 1. The molecule has 0 aliphatic heterocycles. The predicted molar refractivity (Wildman–Crippen MR) is 113 cm³/mol. The molecule has 1 N–H and O–H groups in total. The van der Waals surface area contributed by atoms with Crippen LogP contribution < -0.4 is 10.1 Å². The molecule has 4 rings (SSSR count). The topological polar surface area (TPSA) is 21.3 Å². The van der Waals surface area contributed by atoms with Gasteiger partial charge in [0.25, 0.3) is 0 Å². The number of hydrogen-bond donors (Lipinski definition) is 1. The first-order chi connectivity index (χ1) is 13.7. The van der Waals surface area contributed by atoms with Crippen molar-refractivity contribution in [2.24, 2.45) is 0 Å². The van der Waals surface area contributed by atoms with E-state index in [1.165, 1.54) is 23.1 Å².